The van der Waals surface area contributed by atoms with Crippen molar-refractivity contribution in [3.05, 3.63) is 0 Å². The molecule has 0 radical (unpaired) electrons. The van der Waals surface area contributed by atoms with Gasteiger partial charge in [0.2, 0.25) is 0 Å². The molecule has 0 aromatic rings. The van der Waals surface area contributed by atoms with Crippen LogP contribution >= 0.6 is 0 Å². The number of nitrogens with zero attached hydrogens (tertiary/aromatic N) is 2. The Bertz CT molecular complexity index is 395. The fourth-order valence-electron chi connectivity index (χ4n) is 4.29. The van der Waals surface area contributed by atoms with Crippen LogP contribution in [0.2, 0.25) is 0 Å². The third-order valence-corrected chi connectivity index (χ3v) is 5.77. The summed E-state index contributed by atoms with van der Waals surface area (Å²) in [5.74, 6) is 2.90. The molecule has 26 heavy (non-hydrogen) atoms. The molecular weight excluding hydrogens is 326 g/mol. The largest absolute Gasteiger partial charge is 0.385 e. The molecular formula is C21H41N3O2. The van der Waals surface area contributed by atoms with Crippen LogP contribution in [0.1, 0.15) is 65.2 Å². The van der Waals surface area contributed by atoms with Crippen LogP contribution in [0.4, 0.5) is 0 Å². The smallest absolute Gasteiger partial charge is 0.193 e. The number of ether oxygens (including phenoxy) is 2. The zero-order chi connectivity index (χ0) is 18.6. The van der Waals surface area contributed by atoms with Gasteiger partial charge >= 0.3 is 0 Å². The molecule has 2 rings (SSSR count). The molecule has 5 heteroatoms. The van der Waals surface area contributed by atoms with Crippen molar-refractivity contribution < 1.29 is 9.47 Å². The van der Waals surface area contributed by atoms with Crippen LogP contribution in [0.3, 0.4) is 0 Å². The van der Waals surface area contributed by atoms with E-state index in [-0.39, 0.29) is 0 Å². The lowest BCUT2D eigenvalue weighted by atomic mass is 9.81. The molecule has 2 atom stereocenters. The maximum absolute atomic E-state index is 5.98. The van der Waals surface area contributed by atoms with Crippen LogP contribution < -0.4 is 5.32 Å². The van der Waals surface area contributed by atoms with Crippen molar-refractivity contribution in [1.82, 2.24) is 10.2 Å². The summed E-state index contributed by atoms with van der Waals surface area (Å²) in [6.07, 6.45) is 10.5. The number of piperidine rings is 1. The molecule has 1 saturated heterocycles. The minimum absolute atomic E-state index is 0.398. The molecule has 152 valence electrons. The van der Waals surface area contributed by atoms with Gasteiger partial charge in [-0.05, 0) is 50.9 Å². The van der Waals surface area contributed by atoms with Gasteiger partial charge in [-0.1, -0.05) is 26.2 Å². The predicted molar refractivity (Wildman–Crippen MR) is 109 cm³/mol. The SMILES string of the molecule is CCNC(=NCCC1CCCC(C)C1)N1CCC(OCCCOC)CC1. The molecule has 0 aromatic carbocycles. The average Bonchev–Trinajstić information content (AvgIpc) is 2.65. The fraction of sp³-hybridized carbons (Fsp3) is 0.952. The highest BCUT2D eigenvalue weighted by Crippen LogP contribution is 2.30. The highest BCUT2D eigenvalue weighted by Gasteiger charge is 2.22. The van der Waals surface area contributed by atoms with E-state index >= 15 is 0 Å². The number of likely N-dealkylation sites (tertiary alicyclic amines) is 1. The quantitative estimate of drug-likeness (QED) is 0.384. The summed E-state index contributed by atoms with van der Waals surface area (Å²) >= 11 is 0. The van der Waals surface area contributed by atoms with E-state index in [0.29, 0.717) is 6.10 Å². The summed E-state index contributed by atoms with van der Waals surface area (Å²) in [5, 5.41) is 3.49. The van der Waals surface area contributed by atoms with Crippen LogP contribution in [0.5, 0.6) is 0 Å². The molecule has 0 bridgehead atoms. The molecule has 1 N–H and O–H groups in total. The Kier molecular flexibility index (Phi) is 10.4. The molecule has 1 aliphatic carbocycles. The number of methoxy groups -OCH3 is 1. The first-order valence-electron chi connectivity index (χ1n) is 10.9. The van der Waals surface area contributed by atoms with Crippen molar-refractivity contribution >= 4 is 5.96 Å². The maximum Gasteiger partial charge on any atom is 0.193 e. The Labute approximate surface area is 160 Å². The topological polar surface area (TPSA) is 46.1 Å². The van der Waals surface area contributed by atoms with Crippen molar-refractivity contribution in [2.45, 2.75) is 71.3 Å². The summed E-state index contributed by atoms with van der Waals surface area (Å²) in [5.41, 5.74) is 0. The van der Waals surface area contributed by atoms with Gasteiger partial charge in [-0.2, -0.15) is 0 Å². The average molecular weight is 368 g/mol. The number of guanidine groups is 1. The second-order valence-electron chi connectivity index (χ2n) is 8.07. The van der Waals surface area contributed by atoms with Crippen molar-refractivity contribution in [2.24, 2.45) is 16.8 Å². The Hall–Kier alpha value is -0.810. The van der Waals surface area contributed by atoms with Crippen molar-refractivity contribution in [3.8, 4) is 0 Å². The molecule has 0 aromatic heterocycles. The lowest BCUT2D eigenvalue weighted by molar-refractivity contribution is 0.00990. The highest BCUT2D eigenvalue weighted by atomic mass is 16.5. The van der Waals surface area contributed by atoms with Gasteiger partial charge in [0.1, 0.15) is 0 Å². The second kappa shape index (κ2) is 12.6. The molecule has 5 nitrogen and oxygen atoms in total. The van der Waals surface area contributed by atoms with Crippen LogP contribution in [0.15, 0.2) is 4.99 Å². The van der Waals surface area contributed by atoms with Gasteiger partial charge in [0.25, 0.3) is 0 Å². The van der Waals surface area contributed by atoms with Gasteiger partial charge in [0.15, 0.2) is 5.96 Å². The van der Waals surface area contributed by atoms with Crippen molar-refractivity contribution in [3.63, 3.8) is 0 Å². The third kappa shape index (κ3) is 7.83. The zero-order valence-corrected chi connectivity index (χ0v) is 17.3. The summed E-state index contributed by atoms with van der Waals surface area (Å²) in [6, 6.07) is 0. The first-order valence-corrected chi connectivity index (χ1v) is 10.9. The van der Waals surface area contributed by atoms with Crippen molar-refractivity contribution in [2.75, 3.05) is 46.5 Å². The standard InChI is InChI=1S/C21H41N3O2/c1-4-22-21(23-12-9-19-8-5-7-18(2)17-19)24-13-10-20(11-14-24)26-16-6-15-25-3/h18-20H,4-17H2,1-3H3,(H,22,23). The van der Waals surface area contributed by atoms with Gasteiger partial charge in [-0.25, -0.2) is 0 Å². The number of hydrogen-bond donors (Lipinski definition) is 1. The first kappa shape index (κ1) is 21.5. The normalized spacial score (nSPS) is 25.5. The number of aliphatic imine (C=N–C) groups is 1. The van der Waals surface area contributed by atoms with E-state index in [4.69, 9.17) is 14.5 Å². The van der Waals surface area contributed by atoms with Crippen molar-refractivity contribution in [1.29, 1.82) is 0 Å². The monoisotopic (exact) mass is 367 g/mol. The van der Waals surface area contributed by atoms with Crippen LogP contribution in [-0.4, -0.2) is 63.5 Å². The minimum atomic E-state index is 0.398. The van der Waals surface area contributed by atoms with Gasteiger partial charge in [-0.15, -0.1) is 0 Å². The molecule has 1 heterocycles. The van der Waals surface area contributed by atoms with E-state index < -0.39 is 0 Å². The molecule has 1 saturated carbocycles. The first-order chi connectivity index (χ1) is 12.7. The number of nitrogens with one attached hydrogen (secondary N) is 1. The van der Waals surface area contributed by atoms with E-state index in [2.05, 4.69) is 24.1 Å². The van der Waals surface area contributed by atoms with E-state index in [0.717, 1.165) is 76.5 Å². The highest BCUT2D eigenvalue weighted by molar-refractivity contribution is 5.80. The number of rotatable bonds is 9. The zero-order valence-electron chi connectivity index (χ0n) is 17.3. The van der Waals surface area contributed by atoms with Crippen LogP contribution in [0.25, 0.3) is 0 Å². The lowest BCUT2D eigenvalue weighted by Crippen LogP contribution is -2.47. The third-order valence-electron chi connectivity index (χ3n) is 5.77. The maximum atomic E-state index is 5.98. The molecule has 2 fully saturated rings. The molecule has 0 amide bonds. The van der Waals surface area contributed by atoms with Gasteiger partial charge in [0, 0.05) is 46.5 Å². The molecule has 0 spiro atoms. The number of hydrogen-bond acceptors (Lipinski definition) is 3. The van der Waals surface area contributed by atoms with E-state index in [9.17, 15) is 0 Å². The van der Waals surface area contributed by atoms with Gasteiger partial charge in [0.05, 0.1) is 6.10 Å². The minimum Gasteiger partial charge on any atom is -0.385 e. The Balaban J connectivity index is 1.71. The summed E-state index contributed by atoms with van der Waals surface area (Å²) in [7, 11) is 1.74. The summed E-state index contributed by atoms with van der Waals surface area (Å²) in [6.45, 7) is 10.1. The molecule has 2 unspecified atom stereocenters. The fourth-order valence-corrected chi connectivity index (χ4v) is 4.29. The predicted octanol–water partition coefficient (Wildman–Crippen LogP) is 3.69. The van der Waals surface area contributed by atoms with Crippen LogP contribution in [-0.2, 0) is 9.47 Å². The Morgan fingerprint density at radius 1 is 1.15 bits per heavy atom. The van der Waals surface area contributed by atoms with Crippen LogP contribution in [0, 0.1) is 11.8 Å². The molecule has 1 aliphatic heterocycles. The Morgan fingerprint density at radius 2 is 1.96 bits per heavy atom. The summed E-state index contributed by atoms with van der Waals surface area (Å²) < 4.78 is 11.1. The molecule has 2 aliphatic rings. The Morgan fingerprint density at radius 3 is 2.65 bits per heavy atom. The van der Waals surface area contributed by atoms with Gasteiger partial charge < -0.3 is 19.7 Å². The summed E-state index contributed by atoms with van der Waals surface area (Å²) in [4.78, 5) is 7.36. The van der Waals surface area contributed by atoms with E-state index in [1.165, 1.54) is 32.1 Å². The van der Waals surface area contributed by atoms with E-state index in [1.807, 2.05) is 0 Å². The lowest BCUT2D eigenvalue weighted by Gasteiger charge is -2.34. The van der Waals surface area contributed by atoms with Gasteiger partial charge in [-0.3, -0.25) is 4.99 Å². The van der Waals surface area contributed by atoms with E-state index in [1.54, 1.807) is 7.11 Å². The second-order valence-corrected chi connectivity index (χ2v) is 8.07.